The van der Waals surface area contributed by atoms with Gasteiger partial charge in [-0.05, 0) is 19.9 Å². The molecule has 2 rings (SSSR count). The minimum Gasteiger partial charge on any atom is -0.459 e. The molecule has 1 heterocycles. The molecule has 0 radical (unpaired) electrons. The van der Waals surface area contributed by atoms with E-state index in [4.69, 9.17) is 25.8 Å². The molecule has 98 valence electrons. The smallest absolute Gasteiger partial charge is 0.338 e. The van der Waals surface area contributed by atoms with Crippen molar-refractivity contribution in [1.82, 2.24) is 0 Å². The standard InChI is InChI=1S/C13H15ClO4/c1-13(2)17-8-11(18-13)12(15)16-7-9-5-3-4-6-10(9)14/h3-6,11H,7-8H2,1-2H3. The highest BCUT2D eigenvalue weighted by atomic mass is 35.5. The van der Waals surface area contributed by atoms with Crippen LogP contribution in [-0.2, 0) is 25.6 Å². The zero-order valence-corrected chi connectivity index (χ0v) is 11.1. The first-order valence-corrected chi connectivity index (χ1v) is 6.07. The summed E-state index contributed by atoms with van der Waals surface area (Å²) in [6.45, 7) is 3.87. The molecule has 0 N–H and O–H groups in total. The Kier molecular flexibility index (Phi) is 3.90. The number of rotatable bonds is 3. The zero-order valence-electron chi connectivity index (χ0n) is 10.3. The first-order chi connectivity index (χ1) is 8.48. The second-order valence-corrected chi connectivity index (χ2v) is 4.92. The summed E-state index contributed by atoms with van der Waals surface area (Å²) in [6.07, 6.45) is -0.664. The van der Waals surface area contributed by atoms with Gasteiger partial charge in [0.1, 0.15) is 6.61 Å². The SMILES string of the molecule is CC1(C)OCC(C(=O)OCc2ccccc2Cl)O1. The van der Waals surface area contributed by atoms with Gasteiger partial charge in [0.15, 0.2) is 11.9 Å². The van der Waals surface area contributed by atoms with Crippen LogP contribution in [-0.4, -0.2) is 24.5 Å². The van der Waals surface area contributed by atoms with Gasteiger partial charge in [0, 0.05) is 10.6 Å². The summed E-state index contributed by atoms with van der Waals surface area (Å²) >= 11 is 5.97. The number of hydrogen-bond donors (Lipinski definition) is 0. The molecule has 0 spiro atoms. The Labute approximate surface area is 111 Å². The van der Waals surface area contributed by atoms with Crippen molar-refractivity contribution < 1.29 is 19.0 Å². The van der Waals surface area contributed by atoms with Gasteiger partial charge in [-0.25, -0.2) is 4.79 Å². The van der Waals surface area contributed by atoms with E-state index in [1.54, 1.807) is 19.9 Å². The van der Waals surface area contributed by atoms with Gasteiger partial charge in [0.2, 0.25) is 0 Å². The molecule has 1 saturated heterocycles. The Morgan fingerprint density at radius 3 is 2.83 bits per heavy atom. The lowest BCUT2D eigenvalue weighted by atomic mass is 10.2. The van der Waals surface area contributed by atoms with Gasteiger partial charge in [0.05, 0.1) is 6.61 Å². The van der Waals surface area contributed by atoms with Crippen molar-refractivity contribution in [3.05, 3.63) is 34.9 Å². The van der Waals surface area contributed by atoms with Gasteiger partial charge in [-0.15, -0.1) is 0 Å². The summed E-state index contributed by atoms with van der Waals surface area (Å²) in [5.41, 5.74) is 0.769. The van der Waals surface area contributed by atoms with Crippen molar-refractivity contribution in [2.24, 2.45) is 0 Å². The van der Waals surface area contributed by atoms with E-state index in [-0.39, 0.29) is 13.2 Å². The average molecular weight is 271 g/mol. The quantitative estimate of drug-likeness (QED) is 0.792. The van der Waals surface area contributed by atoms with E-state index in [2.05, 4.69) is 0 Å². The number of carbonyl (C=O) groups excluding carboxylic acids is 1. The summed E-state index contributed by atoms with van der Waals surface area (Å²) in [5.74, 6) is -1.16. The summed E-state index contributed by atoms with van der Waals surface area (Å²) < 4.78 is 15.9. The summed E-state index contributed by atoms with van der Waals surface area (Å²) in [4.78, 5) is 11.7. The van der Waals surface area contributed by atoms with Gasteiger partial charge < -0.3 is 14.2 Å². The van der Waals surface area contributed by atoms with E-state index in [1.165, 1.54) is 0 Å². The first kappa shape index (κ1) is 13.3. The van der Waals surface area contributed by atoms with E-state index in [0.29, 0.717) is 5.02 Å². The molecule has 1 fully saturated rings. The van der Waals surface area contributed by atoms with Gasteiger partial charge in [-0.2, -0.15) is 0 Å². The summed E-state index contributed by atoms with van der Waals surface area (Å²) in [6, 6.07) is 7.23. The fourth-order valence-corrected chi connectivity index (χ4v) is 1.85. The molecule has 4 nitrogen and oxygen atoms in total. The van der Waals surface area contributed by atoms with Gasteiger partial charge in [-0.1, -0.05) is 29.8 Å². The number of benzene rings is 1. The Morgan fingerprint density at radius 2 is 2.22 bits per heavy atom. The molecule has 1 aliphatic heterocycles. The highest BCUT2D eigenvalue weighted by molar-refractivity contribution is 6.31. The van der Waals surface area contributed by atoms with Crippen molar-refractivity contribution in [1.29, 1.82) is 0 Å². The molecule has 1 unspecified atom stereocenters. The number of hydrogen-bond acceptors (Lipinski definition) is 4. The molecule has 1 atom stereocenters. The second-order valence-electron chi connectivity index (χ2n) is 4.52. The maximum atomic E-state index is 11.7. The molecule has 0 amide bonds. The normalized spacial score (nSPS) is 21.8. The number of halogens is 1. The first-order valence-electron chi connectivity index (χ1n) is 5.70. The van der Waals surface area contributed by atoms with Crippen molar-refractivity contribution in [3.63, 3.8) is 0 Å². The average Bonchev–Trinajstić information content (AvgIpc) is 2.68. The molecule has 1 aromatic carbocycles. The lowest BCUT2D eigenvalue weighted by Crippen LogP contribution is -2.28. The molecule has 0 bridgehead atoms. The monoisotopic (exact) mass is 270 g/mol. The Hall–Kier alpha value is -1.10. The predicted octanol–water partition coefficient (Wildman–Crippen LogP) is 2.53. The minimum atomic E-state index is -0.728. The van der Waals surface area contributed by atoms with E-state index < -0.39 is 17.9 Å². The number of carbonyl (C=O) groups is 1. The molecule has 0 saturated carbocycles. The van der Waals surface area contributed by atoms with Crippen molar-refractivity contribution >= 4 is 17.6 Å². The van der Waals surface area contributed by atoms with E-state index in [1.807, 2.05) is 18.2 Å². The van der Waals surface area contributed by atoms with E-state index in [9.17, 15) is 4.79 Å². The van der Waals surface area contributed by atoms with Gasteiger partial charge >= 0.3 is 5.97 Å². The summed E-state index contributed by atoms with van der Waals surface area (Å²) in [5, 5.41) is 0.578. The van der Waals surface area contributed by atoms with E-state index >= 15 is 0 Å². The Bertz CT molecular complexity index is 444. The fraction of sp³-hybridized carbons (Fsp3) is 0.462. The van der Waals surface area contributed by atoms with Crippen LogP contribution in [0.4, 0.5) is 0 Å². The van der Waals surface area contributed by atoms with Crippen molar-refractivity contribution in [2.75, 3.05) is 6.61 Å². The largest absolute Gasteiger partial charge is 0.459 e. The van der Waals surface area contributed by atoms with Crippen LogP contribution in [0.25, 0.3) is 0 Å². The molecule has 5 heteroatoms. The maximum Gasteiger partial charge on any atom is 0.338 e. The lowest BCUT2D eigenvalue weighted by Gasteiger charge is -2.16. The van der Waals surface area contributed by atoms with Crippen LogP contribution in [0.1, 0.15) is 19.4 Å². The van der Waals surface area contributed by atoms with Gasteiger partial charge in [0.25, 0.3) is 0 Å². The van der Waals surface area contributed by atoms with Crippen LogP contribution in [0.15, 0.2) is 24.3 Å². The molecule has 1 aliphatic rings. The van der Waals surface area contributed by atoms with Crippen LogP contribution in [0.5, 0.6) is 0 Å². The van der Waals surface area contributed by atoms with Crippen LogP contribution in [0, 0.1) is 0 Å². The highest BCUT2D eigenvalue weighted by Crippen LogP contribution is 2.23. The van der Waals surface area contributed by atoms with Crippen LogP contribution in [0.3, 0.4) is 0 Å². The Balaban J connectivity index is 1.88. The van der Waals surface area contributed by atoms with Crippen LogP contribution < -0.4 is 0 Å². The zero-order chi connectivity index (χ0) is 13.2. The Morgan fingerprint density at radius 1 is 1.50 bits per heavy atom. The van der Waals surface area contributed by atoms with Crippen molar-refractivity contribution in [3.8, 4) is 0 Å². The molecular formula is C13H15ClO4. The number of esters is 1. The summed E-state index contributed by atoms with van der Waals surface area (Å²) in [7, 11) is 0. The molecule has 0 aliphatic carbocycles. The fourth-order valence-electron chi connectivity index (χ4n) is 1.66. The molecule has 0 aromatic heterocycles. The number of ether oxygens (including phenoxy) is 3. The third-order valence-corrected chi connectivity index (χ3v) is 2.97. The molecular weight excluding hydrogens is 256 g/mol. The lowest BCUT2D eigenvalue weighted by molar-refractivity contribution is -0.170. The molecule has 1 aromatic rings. The minimum absolute atomic E-state index is 0.138. The predicted molar refractivity (Wildman–Crippen MR) is 66.2 cm³/mol. The highest BCUT2D eigenvalue weighted by Gasteiger charge is 2.37. The topological polar surface area (TPSA) is 44.8 Å². The van der Waals surface area contributed by atoms with Crippen molar-refractivity contribution in [2.45, 2.75) is 32.3 Å². The third kappa shape index (κ3) is 3.22. The van der Waals surface area contributed by atoms with Gasteiger partial charge in [-0.3, -0.25) is 0 Å². The van der Waals surface area contributed by atoms with Crippen LogP contribution >= 0.6 is 11.6 Å². The van der Waals surface area contributed by atoms with Crippen LogP contribution in [0.2, 0.25) is 5.02 Å². The third-order valence-electron chi connectivity index (χ3n) is 2.60. The van der Waals surface area contributed by atoms with E-state index in [0.717, 1.165) is 5.56 Å². The second kappa shape index (κ2) is 5.26. The maximum absolute atomic E-state index is 11.7. The molecule has 18 heavy (non-hydrogen) atoms.